The predicted octanol–water partition coefficient (Wildman–Crippen LogP) is 4.80. The summed E-state index contributed by atoms with van der Waals surface area (Å²) in [7, 11) is -3.46. The number of nitrogens with one attached hydrogen (secondary N) is 1. The van der Waals surface area contributed by atoms with Crippen LogP contribution in [0.3, 0.4) is 0 Å². The van der Waals surface area contributed by atoms with Crippen LogP contribution in [0, 0.1) is 0 Å². The maximum atomic E-state index is 12.1. The summed E-state index contributed by atoms with van der Waals surface area (Å²) in [6, 6.07) is 10.5. The van der Waals surface area contributed by atoms with Gasteiger partial charge >= 0.3 is 0 Å². The van der Waals surface area contributed by atoms with E-state index in [9.17, 15) is 8.42 Å². The number of hydrogen-bond acceptors (Lipinski definition) is 6. The molecule has 158 valence electrons. The zero-order chi connectivity index (χ0) is 21.5. The molecular formula is C21H23ClN4O3S. The molecule has 0 fully saturated rings. The van der Waals surface area contributed by atoms with Crippen LogP contribution in [0.25, 0.3) is 0 Å². The average Bonchev–Trinajstić information content (AvgIpc) is 2.99. The molecule has 4 rings (SSSR count). The first-order chi connectivity index (χ1) is 14.2. The number of benzene rings is 2. The summed E-state index contributed by atoms with van der Waals surface area (Å²) in [5, 5.41) is 0.203. The second kappa shape index (κ2) is 7.59. The van der Waals surface area contributed by atoms with Crippen LogP contribution in [-0.2, 0) is 10.0 Å². The van der Waals surface area contributed by atoms with Gasteiger partial charge < -0.3 is 9.64 Å². The minimum absolute atomic E-state index is 0.0225. The summed E-state index contributed by atoms with van der Waals surface area (Å²) >= 11 is 6.43. The molecule has 0 bridgehead atoms. The molecule has 0 aromatic heterocycles. The Bertz CT molecular complexity index is 1160. The van der Waals surface area contributed by atoms with Crippen molar-refractivity contribution in [3.63, 3.8) is 0 Å². The molecule has 0 radical (unpaired) electrons. The molecule has 0 spiro atoms. The van der Waals surface area contributed by atoms with E-state index >= 15 is 0 Å². The van der Waals surface area contributed by atoms with Gasteiger partial charge in [0.2, 0.25) is 10.0 Å². The number of anilines is 1. The van der Waals surface area contributed by atoms with Crippen LogP contribution in [-0.4, -0.2) is 43.3 Å². The number of rotatable bonds is 6. The van der Waals surface area contributed by atoms with E-state index in [-0.39, 0.29) is 16.3 Å². The maximum absolute atomic E-state index is 12.1. The van der Waals surface area contributed by atoms with E-state index in [4.69, 9.17) is 21.3 Å². The lowest BCUT2D eigenvalue weighted by atomic mass is 10.1. The molecule has 30 heavy (non-hydrogen) atoms. The normalized spacial score (nSPS) is 16.7. The first kappa shape index (κ1) is 20.7. The SMILES string of the molecule is CCCS(=O)(=O)Nc1cccc(Oc2ccc3c(c2)C2=NC(C)(C)CN2C=N3)c1Cl. The van der Waals surface area contributed by atoms with Crippen LogP contribution >= 0.6 is 11.6 Å². The second-order valence-corrected chi connectivity index (χ2v) is 10.2. The van der Waals surface area contributed by atoms with Crippen LogP contribution in [0.1, 0.15) is 32.8 Å². The fourth-order valence-corrected chi connectivity index (χ4v) is 4.89. The summed E-state index contributed by atoms with van der Waals surface area (Å²) in [6.45, 7) is 6.73. The van der Waals surface area contributed by atoms with Gasteiger partial charge in [0.25, 0.3) is 0 Å². The zero-order valence-corrected chi connectivity index (χ0v) is 18.6. The minimum Gasteiger partial charge on any atom is -0.456 e. The van der Waals surface area contributed by atoms with Gasteiger partial charge in [-0.05, 0) is 50.6 Å². The van der Waals surface area contributed by atoms with Gasteiger partial charge in [-0.3, -0.25) is 9.71 Å². The van der Waals surface area contributed by atoms with Crippen LogP contribution in [0.15, 0.2) is 46.4 Å². The fourth-order valence-electron chi connectivity index (χ4n) is 3.47. The standard InChI is InChI=1S/C21H23ClN4O3S/c1-4-10-30(27,28)25-17-6-5-7-18(19(17)22)29-14-8-9-16-15(11-14)20-24-21(2,3)12-26(20)13-23-16/h5-9,11,13,25H,4,10,12H2,1-3H3. The molecule has 0 saturated carbocycles. The Hall–Kier alpha value is -2.58. The average molecular weight is 447 g/mol. The van der Waals surface area contributed by atoms with Crippen LogP contribution in [0.5, 0.6) is 11.5 Å². The number of halogens is 1. The van der Waals surface area contributed by atoms with Crippen molar-refractivity contribution in [3.05, 3.63) is 47.0 Å². The van der Waals surface area contributed by atoms with E-state index < -0.39 is 10.0 Å². The van der Waals surface area contributed by atoms with E-state index in [0.717, 1.165) is 23.6 Å². The molecular weight excluding hydrogens is 424 g/mol. The lowest BCUT2D eigenvalue weighted by Crippen LogP contribution is -2.33. The van der Waals surface area contributed by atoms with Crippen LogP contribution in [0.2, 0.25) is 5.02 Å². The van der Waals surface area contributed by atoms with Crippen molar-refractivity contribution < 1.29 is 13.2 Å². The van der Waals surface area contributed by atoms with Crippen molar-refractivity contribution in [1.82, 2.24) is 4.90 Å². The highest BCUT2D eigenvalue weighted by Crippen LogP contribution is 2.38. The number of fused-ring (bicyclic) bond motifs is 3. The van der Waals surface area contributed by atoms with E-state index in [1.54, 1.807) is 37.5 Å². The van der Waals surface area contributed by atoms with Crippen molar-refractivity contribution in [2.45, 2.75) is 32.7 Å². The second-order valence-electron chi connectivity index (χ2n) is 7.94. The summed E-state index contributed by atoms with van der Waals surface area (Å²) in [5.74, 6) is 1.81. The third-order valence-corrected chi connectivity index (χ3v) is 6.58. The van der Waals surface area contributed by atoms with Gasteiger partial charge in [-0.15, -0.1) is 0 Å². The largest absolute Gasteiger partial charge is 0.456 e. The summed E-state index contributed by atoms with van der Waals surface area (Å²) in [6.07, 6.45) is 2.32. The minimum atomic E-state index is -3.46. The Morgan fingerprint density at radius 3 is 2.83 bits per heavy atom. The van der Waals surface area contributed by atoms with Gasteiger partial charge in [0, 0.05) is 5.56 Å². The van der Waals surface area contributed by atoms with E-state index in [1.165, 1.54) is 0 Å². The van der Waals surface area contributed by atoms with Crippen molar-refractivity contribution in [1.29, 1.82) is 0 Å². The molecule has 2 heterocycles. The zero-order valence-electron chi connectivity index (χ0n) is 17.0. The van der Waals surface area contributed by atoms with Crippen LogP contribution < -0.4 is 9.46 Å². The first-order valence-corrected chi connectivity index (χ1v) is 11.7. The Balaban J connectivity index is 1.63. The molecule has 0 saturated heterocycles. The molecule has 7 nitrogen and oxygen atoms in total. The predicted molar refractivity (Wildman–Crippen MR) is 121 cm³/mol. The topological polar surface area (TPSA) is 83.4 Å². The quantitative estimate of drug-likeness (QED) is 0.690. The third kappa shape index (κ3) is 4.15. The van der Waals surface area contributed by atoms with Gasteiger partial charge in [0.1, 0.15) is 22.4 Å². The molecule has 2 aliphatic rings. The van der Waals surface area contributed by atoms with Gasteiger partial charge in [-0.2, -0.15) is 0 Å². The van der Waals surface area contributed by atoms with E-state index in [2.05, 4.69) is 23.6 Å². The highest BCUT2D eigenvalue weighted by molar-refractivity contribution is 7.92. The van der Waals surface area contributed by atoms with Crippen LogP contribution in [0.4, 0.5) is 11.4 Å². The molecule has 0 aliphatic carbocycles. The van der Waals surface area contributed by atoms with E-state index in [1.807, 2.05) is 17.0 Å². The van der Waals surface area contributed by atoms with Gasteiger partial charge in [0.05, 0.1) is 35.5 Å². The molecule has 2 aromatic carbocycles. The molecule has 0 amide bonds. The molecule has 2 aromatic rings. The Labute approximate surface area is 181 Å². The summed E-state index contributed by atoms with van der Waals surface area (Å²) in [4.78, 5) is 11.3. The van der Waals surface area contributed by atoms with Crippen molar-refractivity contribution in [3.8, 4) is 11.5 Å². The summed E-state index contributed by atoms with van der Waals surface area (Å²) < 4.78 is 32.7. The number of nitrogens with zero attached hydrogens (tertiary/aromatic N) is 3. The number of amidine groups is 1. The number of ether oxygens (including phenoxy) is 1. The van der Waals surface area contributed by atoms with Gasteiger partial charge in [0.15, 0.2) is 0 Å². The monoisotopic (exact) mass is 446 g/mol. The lowest BCUT2D eigenvalue weighted by Gasteiger charge is -2.22. The fraction of sp³-hybridized carbons (Fsp3) is 0.333. The molecule has 9 heteroatoms. The molecule has 2 aliphatic heterocycles. The highest BCUT2D eigenvalue weighted by atomic mass is 35.5. The Morgan fingerprint density at radius 1 is 1.27 bits per heavy atom. The molecule has 0 atom stereocenters. The first-order valence-electron chi connectivity index (χ1n) is 9.69. The smallest absolute Gasteiger partial charge is 0.232 e. The van der Waals surface area contributed by atoms with Crippen molar-refractivity contribution >= 4 is 45.2 Å². The lowest BCUT2D eigenvalue weighted by molar-refractivity contribution is 0.477. The Morgan fingerprint density at radius 2 is 2.07 bits per heavy atom. The maximum Gasteiger partial charge on any atom is 0.232 e. The number of sulfonamides is 1. The molecule has 0 unspecified atom stereocenters. The number of aliphatic imine (C=N–C) groups is 2. The van der Waals surface area contributed by atoms with E-state index in [0.29, 0.717) is 23.6 Å². The Kier molecular flexibility index (Phi) is 5.23. The van der Waals surface area contributed by atoms with Gasteiger partial charge in [-0.1, -0.05) is 24.6 Å². The molecule has 1 N–H and O–H groups in total. The number of hydrogen-bond donors (Lipinski definition) is 1. The third-order valence-electron chi connectivity index (χ3n) is 4.71. The highest BCUT2D eigenvalue weighted by Gasteiger charge is 2.34. The van der Waals surface area contributed by atoms with Gasteiger partial charge in [-0.25, -0.2) is 13.4 Å². The van der Waals surface area contributed by atoms with Crippen molar-refractivity contribution in [2.24, 2.45) is 9.98 Å². The van der Waals surface area contributed by atoms with Crippen molar-refractivity contribution in [2.75, 3.05) is 17.0 Å². The summed E-state index contributed by atoms with van der Waals surface area (Å²) in [5.41, 5.74) is 1.81.